The fourth-order valence-electron chi connectivity index (χ4n) is 3.96. The summed E-state index contributed by atoms with van der Waals surface area (Å²) in [6.07, 6.45) is 8.55. The molecule has 0 aromatic heterocycles. The van der Waals surface area contributed by atoms with Crippen LogP contribution in [0.4, 0.5) is 0 Å². The summed E-state index contributed by atoms with van der Waals surface area (Å²) >= 11 is 0. The maximum absolute atomic E-state index is 2.42. The van der Waals surface area contributed by atoms with Gasteiger partial charge in [-0.2, -0.15) is 0 Å². The standard InChI is InChI=1S/C17H24/c1-12-6-8-17(9-7-12)10-15-13(2)4-5-14(3)16(15)11-17/h4-5,12H,6-11H2,1-3H3. The lowest BCUT2D eigenvalue weighted by molar-refractivity contribution is 0.167. The van der Waals surface area contributed by atoms with E-state index in [1.807, 2.05) is 0 Å². The summed E-state index contributed by atoms with van der Waals surface area (Å²) in [7, 11) is 0. The highest BCUT2D eigenvalue weighted by Crippen LogP contribution is 2.49. The van der Waals surface area contributed by atoms with Crippen LogP contribution in [0.3, 0.4) is 0 Å². The molecule has 0 heteroatoms. The number of benzene rings is 1. The normalized spacial score (nSPS) is 23.0. The Labute approximate surface area is 105 Å². The van der Waals surface area contributed by atoms with Crippen LogP contribution in [0.5, 0.6) is 0 Å². The van der Waals surface area contributed by atoms with E-state index in [1.54, 1.807) is 11.1 Å². The van der Waals surface area contributed by atoms with Gasteiger partial charge in [-0.3, -0.25) is 0 Å². The molecule has 0 heterocycles. The Kier molecular flexibility index (Phi) is 2.57. The molecule has 0 nitrogen and oxygen atoms in total. The molecule has 17 heavy (non-hydrogen) atoms. The third-order valence-electron chi connectivity index (χ3n) is 5.34. The first-order chi connectivity index (χ1) is 8.10. The lowest BCUT2D eigenvalue weighted by Gasteiger charge is -2.36. The minimum Gasteiger partial charge on any atom is -0.0625 e. The van der Waals surface area contributed by atoms with Gasteiger partial charge in [0.2, 0.25) is 0 Å². The lowest BCUT2D eigenvalue weighted by Crippen LogP contribution is -2.27. The third-order valence-corrected chi connectivity index (χ3v) is 5.34. The number of hydrogen-bond donors (Lipinski definition) is 0. The summed E-state index contributed by atoms with van der Waals surface area (Å²) in [6, 6.07) is 4.64. The Morgan fingerprint density at radius 2 is 1.41 bits per heavy atom. The van der Waals surface area contributed by atoms with E-state index in [2.05, 4.69) is 32.9 Å². The minimum absolute atomic E-state index is 0.645. The van der Waals surface area contributed by atoms with Gasteiger partial charge in [-0.15, -0.1) is 0 Å². The summed E-state index contributed by atoms with van der Waals surface area (Å²) in [6.45, 7) is 7.01. The van der Waals surface area contributed by atoms with Gasteiger partial charge in [0.15, 0.2) is 0 Å². The predicted octanol–water partition coefficient (Wildman–Crippen LogP) is 4.60. The van der Waals surface area contributed by atoms with Gasteiger partial charge in [0.05, 0.1) is 0 Å². The van der Waals surface area contributed by atoms with Crippen LogP contribution in [0, 0.1) is 25.2 Å². The molecule has 1 aromatic carbocycles. The molecular weight excluding hydrogens is 204 g/mol. The average molecular weight is 228 g/mol. The van der Waals surface area contributed by atoms with E-state index in [1.165, 1.54) is 49.7 Å². The van der Waals surface area contributed by atoms with Gasteiger partial charge in [0, 0.05) is 0 Å². The van der Waals surface area contributed by atoms with Gasteiger partial charge in [-0.1, -0.05) is 31.9 Å². The molecular formula is C17H24. The Morgan fingerprint density at radius 3 is 1.88 bits per heavy atom. The molecule has 0 bridgehead atoms. The van der Waals surface area contributed by atoms with Crippen molar-refractivity contribution < 1.29 is 0 Å². The fraction of sp³-hybridized carbons (Fsp3) is 0.647. The van der Waals surface area contributed by atoms with Crippen molar-refractivity contribution in [2.75, 3.05) is 0 Å². The molecule has 0 amide bonds. The molecule has 1 aromatic rings. The largest absolute Gasteiger partial charge is 0.0625 e. The van der Waals surface area contributed by atoms with Gasteiger partial charge in [-0.05, 0) is 73.1 Å². The smallest absolute Gasteiger partial charge is 0.0213 e. The van der Waals surface area contributed by atoms with Crippen molar-refractivity contribution in [2.45, 2.75) is 59.3 Å². The van der Waals surface area contributed by atoms with Gasteiger partial charge in [-0.25, -0.2) is 0 Å². The molecule has 0 radical (unpaired) electrons. The molecule has 0 aliphatic heterocycles. The van der Waals surface area contributed by atoms with Crippen molar-refractivity contribution in [2.24, 2.45) is 11.3 Å². The Bertz CT molecular complexity index is 401. The van der Waals surface area contributed by atoms with Crippen LogP contribution in [0.2, 0.25) is 0 Å². The maximum Gasteiger partial charge on any atom is -0.0213 e. The summed E-state index contributed by atoms with van der Waals surface area (Å²) in [5, 5.41) is 0. The molecule has 2 aliphatic rings. The summed E-state index contributed by atoms with van der Waals surface area (Å²) in [5.41, 5.74) is 7.09. The van der Waals surface area contributed by atoms with E-state index in [0.717, 1.165) is 5.92 Å². The van der Waals surface area contributed by atoms with Gasteiger partial charge in [0.25, 0.3) is 0 Å². The number of aryl methyl sites for hydroxylation is 2. The van der Waals surface area contributed by atoms with Crippen LogP contribution in [0.1, 0.15) is 54.9 Å². The quantitative estimate of drug-likeness (QED) is 0.609. The van der Waals surface area contributed by atoms with Crippen molar-refractivity contribution in [3.05, 3.63) is 34.4 Å². The van der Waals surface area contributed by atoms with Crippen LogP contribution >= 0.6 is 0 Å². The average Bonchev–Trinajstić information content (AvgIpc) is 2.70. The van der Waals surface area contributed by atoms with Crippen LogP contribution in [0.15, 0.2) is 12.1 Å². The lowest BCUT2D eigenvalue weighted by atomic mass is 9.69. The molecule has 0 unspecified atom stereocenters. The molecule has 92 valence electrons. The van der Waals surface area contributed by atoms with Crippen LogP contribution in [-0.2, 0) is 12.8 Å². The van der Waals surface area contributed by atoms with E-state index in [0.29, 0.717) is 5.41 Å². The first-order valence-corrected chi connectivity index (χ1v) is 7.18. The zero-order chi connectivity index (χ0) is 12.0. The molecule has 1 fully saturated rings. The molecule has 0 N–H and O–H groups in total. The van der Waals surface area contributed by atoms with E-state index >= 15 is 0 Å². The Balaban J connectivity index is 1.92. The maximum atomic E-state index is 2.42. The second-order valence-corrected chi connectivity index (χ2v) is 6.69. The van der Waals surface area contributed by atoms with Crippen LogP contribution in [-0.4, -0.2) is 0 Å². The number of hydrogen-bond acceptors (Lipinski definition) is 0. The predicted molar refractivity (Wildman–Crippen MR) is 73.4 cm³/mol. The van der Waals surface area contributed by atoms with Crippen molar-refractivity contribution in [3.63, 3.8) is 0 Å². The molecule has 0 saturated heterocycles. The van der Waals surface area contributed by atoms with Crippen LogP contribution < -0.4 is 0 Å². The zero-order valence-corrected chi connectivity index (χ0v) is 11.5. The highest BCUT2D eigenvalue weighted by Gasteiger charge is 2.40. The molecule has 0 atom stereocenters. The van der Waals surface area contributed by atoms with Crippen molar-refractivity contribution >= 4 is 0 Å². The molecule has 2 aliphatic carbocycles. The fourth-order valence-corrected chi connectivity index (χ4v) is 3.96. The first kappa shape index (κ1) is 11.3. The highest BCUT2D eigenvalue weighted by atomic mass is 14.4. The van der Waals surface area contributed by atoms with E-state index < -0.39 is 0 Å². The highest BCUT2D eigenvalue weighted by molar-refractivity contribution is 5.45. The van der Waals surface area contributed by atoms with Crippen molar-refractivity contribution in [1.82, 2.24) is 0 Å². The third kappa shape index (κ3) is 1.82. The second kappa shape index (κ2) is 3.86. The summed E-state index contributed by atoms with van der Waals surface area (Å²) < 4.78 is 0. The monoisotopic (exact) mass is 228 g/mol. The molecule has 1 spiro atoms. The van der Waals surface area contributed by atoms with Gasteiger partial charge < -0.3 is 0 Å². The Morgan fingerprint density at radius 1 is 0.941 bits per heavy atom. The molecule has 3 rings (SSSR count). The first-order valence-electron chi connectivity index (χ1n) is 7.18. The minimum atomic E-state index is 0.645. The number of rotatable bonds is 0. The Hall–Kier alpha value is -0.780. The van der Waals surface area contributed by atoms with E-state index in [9.17, 15) is 0 Å². The topological polar surface area (TPSA) is 0 Å². The second-order valence-electron chi connectivity index (χ2n) is 6.69. The summed E-state index contributed by atoms with van der Waals surface area (Å²) in [5.74, 6) is 0.964. The SMILES string of the molecule is Cc1ccc(C)c2c1CC1(CCC(C)CC1)C2. The van der Waals surface area contributed by atoms with Gasteiger partial charge >= 0.3 is 0 Å². The summed E-state index contributed by atoms with van der Waals surface area (Å²) in [4.78, 5) is 0. The van der Waals surface area contributed by atoms with Crippen LogP contribution in [0.25, 0.3) is 0 Å². The van der Waals surface area contributed by atoms with E-state index in [-0.39, 0.29) is 0 Å². The van der Waals surface area contributed by atoms with E-state index in [4.69, 9.17) is 0 Å². The van der Waals surface area contributed by atoms with Crippen molar-refractivity contribution in [1.29, 1.82) is 0 Å². The van der Waals surface area contributed by atoms with Crippen molar-refractivity contribution in [3.8, 4) is 0 Å². The zero-order valence-electron chi connectivity index (χ0n) is 11.5. The van der Waals surface area contributed by atoms with Gasteiger partial charge in [0.1, 0.15) is 0 Å². The number of fused-ring (bicyclic) bond motifs is 1. The molecule has 1 saturated carbocycles.